The third-order valence-electron chi connectivity index (χ3n) is 7.06. The molecule has 1 fully saturated rings. The number of hydrogen-bond acceptors (Lipinski definition) is 5. The van der Waals surface area contributed by atoms with Crippen LogP contribution in [0.4, 0.5) is 22.0 Å². The Labute approximate surface area is 226 Å². The summed E-state index contributed by atoms with van der Waals surface area (Å²) >= 11 is 0. The number of rotatable bonds is 8. The fraction of sp³-hybridized carbons (Fsp3) is 0.407. The number of aromatic amines is 1. The number of aromatic nitrogens is 5. The second-order valence-corrected chi connectivity index (χ2v) is 9.90. The van der Waals surface area contributed by atoms with Gasteiger partial charge in [0.05, 0.1) is 17.2 Å². The Balaban J connectivity index is 1.23. The third kappa shape index (κ3) is 6.64. The molecule has 0 bridgehead atoms. The molecule has 212 valence electrons. The number of alkyl halides is 5. The van der Waals surface area contributed by atoms with Crippen molar-refractivity contribution in [3.8, 4) is 11.1 Å². The molecule has 1 unspecified atom stereocenters. The lowest BCUT2D eigenvalue weighted by Crippen LogP contribution is -2.50. The van der Waals surface area contributed by atoms with Crippen LogP contribution in [-0.4, -0.2) is 79.2 Å². The van der Waals surface area contributed by atoms with Crippen LogP contribution < -0.4 is 0 Å². The van der Waals surface area contributed by atoms with Crippen LogP contribution in [0.3, 0.4) is 0 Å². The van der Waals surface area contributed by atoms with E-state index in [0.29, 0.717) is 19.5 Å². The van der Waals surface area contributed by atoms with Crippen molar-refractivity contribution in [1.82, 2.24) is 34.5 Å². The minimum Gasteiger partial charge on any atom is -0.342 e. The number of halogens is 5. The molecule has 0 saturated carbocycles. The molecule has 0 aliphatic carbocycles. The number of nitrogens with zero attached hydrogens (tertiary/aromatic N) is 6. The fourth-order valence-electron chi connectivity index (χ4n) is 4.96. The summed E-state index contributed by atoms with van der Waals surface area (Å²) in [5.41, 5.74) is 4.94. The lowest BCUT2D eigenvalue weighted by atomic mass is 10.1. The first kappa shape index (κ1) is 27.7. The molecule has 1 aromatic carbocycles. The molecule has 1 aliphatic rings. The number of H-pyrrole nitrogens is 1. The maximum atomic E-state index is 12.6. The van der Waals surface area contributed by atoms with Gasteiger partial charge in [-0.3, -0.25) is 19.4 Å². The number of benzene rings is 1. The van der Waals surface area contributed by atoms with Gasteiger partial charge in [-0.15, -0.1) is 0 Å². The monoisotopic (exact) mass is 561 g/mol. The average molecular weight is 562 g/mol. The van der Waals surface area contributed by atoms with E-state index in [1.54, 1.807) is 18.6 Å². The molecule has 1 aliphatic heterocycles. The minimum absolute atomic E-state index is 0.00848. The van der Waals surface area contributed by atoms with Gasteiger partial charge in [0.25, 0.3) is 6.43 Å². The van der Waals surface area contributed by atoms with Crippen molar-refractivity contribution in [3.05, 3.63) is 66.0 Å². The van der Waals surface area contributed by atoms with Gasteiger partial charge in [-0.25, -0.2) is 13.8 Å². The summed E-state index contributed by atoms with van der Waals surface area (Å²) in [6.45, 7) is 3.04. The Morgan fingerprint density at radius 3 is 2.58 bits per heavy atom. The van der Waals surface area contributed by atoms with Gasteiger partial charge in [0.1, 0.15) is 18.8 Å². The summed E-state index contributed by atoms with van der Waals surface area (Å²) < 4.78 is 64.2. The van der Waals surface area contributed by atoms with Crippen LogP contribution in [0.2, 0.25) is 0 Å². The fourth-order valence-corrected chi connectivity index (χ4v) is 4.96. The Morgan fingerprint density at radius 1 is 1.07 bits per heavy atom. The van der Waals surface area contributed by atoms with E-state index in [-0.39, 0.29) is 19.1 Å². The first-order chi connectivity index (χ1) is 19.0. The SMILES string of the molecule is CC(c1ccnc(Cc2nc3ccc(-c4cnn(CC(F)F)c4)cc3[nH]2)c1)N1CCN(C(=O)CC(F)(F)F)CC1. The quantitative estimate of drug-likeness (QED) is 0.312. The first-order valence-corrected chi connectivity index (χ1v) is 12.9. The highest BCUT2D eigenvalue weighted by Crippen LogP contribution is 2.26. The number of carbonyl (C=O) groups excluding carboxylic acids is 1. The molecular weight excluding hydrogens is 533 g/mol. The number of piperazine rings is 1. The molecule has 13 heteroatoms. The van der Waals surface area contributed by atoms with Crippen molar-refractivity contribution in [2.24, 2.45) is 0 Å². The molecular formula is C27H28F5N7O. The largest absolute Gasteiger partial charge is 0.397 e. The molecule has 0 spiro atoms. The predicted molar refractivity (Wildman–Crippen MR) is 138 cm³/mol. The van der Waals surface area contributed by atoms with Gasteiger partial charge >= 0.3 is 6.18 Å². The molecule has 1 N–H and O–H groups in total. The van der Waals surface area contributed by atoms with Crippen LogP contribution in [0.5, 0.6) is 0 Å². The number of fused-ring (bicyclic) bond motifs is 1. The molecule has 1 saturated heterocycles. The number of nitrogens with one attached hydrogen (secondary N) is 1. The zero-order valence-corrected chi connectivity index (χ0v) is 21.7. The molecule has 1 amide bonds. The summed E-state index contributed by atoms with van der Waals surface area (Å²) in [5.74, 6) is -0.166. The third-order valence-corrected chi connectivity index (χ3v) is 7.06. The lowest BCUT2D eigenvalue weighted by Gasteiger charge is -2.38. The van der Waals surface area contributed by atoms with Crippen molar-refractivity contribution in [3.63, 3.8) is 0 Å². The highest BCUT2D eigenvalue weighted by atomic mass is 19.4. The number of hydrogen-bond donors (Lipinski definition) is 1. The smallest absolute Gasteiger partial charge is 0.342 e. The van der Waals surface area contributed by atoms with E-state index in [1.165, 1.54) is 9.58 Å². The number of pyridine rings is 1. The molecule has 0 radical (unpaired) electrons. The lowest BCUT2D eigenvalue weighted by molar-refractivity contribution is -0.162. The van der Waals surface area contributed by atoms with Crippen LogP contribution in [0, 0.1) is 0 Å². The van der Waals surface area contributed by atoms with Crippen molar-refractivity contribution in [2.75, 3.05) is 26.2 Å². The normalized spacial score (nSPS) is 15.7. The molecule has 1 atom stereocenters. The standard InChI is InChI=1S/C27H28F5N7O/c1-17(37-6-8-38(9-7-37)26(40)13-27(30,31)32)18-4-5-33-21(10-18)12-25-35-22-3-2-19(11-23(22)36-25)20-14-34-39(15-20)16-24(28)29/h2-5,10-11,14-15,17,24H,6-9,12-13,16H2,1H3,(H,35,36). The van der Waals surface area contributed by atoms with Crippen LogP contribution in [-0.2, 0) is 17.8 Å². The summed E-state index contributed by atoms with van der Waals surface area (Å²) in [6.07, 6.45) is -3.09. The summed E-state index contributed by atoms with van der Waals surface area (Å²) in [4.78, 5) is 27.8. The summed E-state index contributed by atoms with van der Waals surface area (Å²) in [7, 11) is 0. The van der Waals surface area contributed by atoms with Crippen molar-refractivity contribution in [1.29, 1.82) is 0 Å². The second kappa shape index (κ2) is 11.3. The van der Waals surface area contributed by atoms with Crippen LogP contribution >= 0.6 is 0 Å². The Bertz CT molecular complexity index is 1470. The van der Waals surface area contributed by atoms with E-state index in [0.717, 1.165) is 39.2 Å². The van der Waals surface area contributed by atoms with E-state index in [4.69, 9.17) is 0 Å². The minimum atomic E-state index is -4.50. The Kier molecular flexibility index (Phi) is 7.83. The molecule has 4 aromatic rings. The topological polar surface area (TPSA) is 82.9 Å². The summed E-state index contributed by atoms with van der Waals surface area (Å²) in [5, 5.41) is 3.99. The average Bonchev–Trinajstić information content (AvgIpc) is 3.53. The molecule has 3 aromatic heterocycles. The van der Waals surface area contributed by atoms with Gasteiger partial charge in [-0.1, -0.05) is 6.07 Å². The van der Waals surface area contributed by atoms with Crippen LogP contribution in [0.1, 0.15) is 36.5 Å². The van der Waals surface area contributed by atoms with E-state index in [9.17, 15) is 26.7 Å². The van der Waals surface area contributed by atoms with Gasteiger partial charge in [-0.05, 0) is 42.3 Å². The van der Waals surface area contributed by atoms with Crippen molar-refractivity contribution >= 4 is 16.9 Å². The maximum Gasteiger partial charge on any atom is 0.397 e. The maximum absolute atomic E-state index is 12.6. The zero-order valence-electron chi connectivity index (χ0n) is 21.7. The number of imidazole rings is 1. The van der Waals surface area contributed by atoms with Crippen molar-refractivity contribution in [2.45, 2.75) is 45.0 Å². The molecule has 8 nitrogen and oxygen atoms in total. The van der Waals surface area contributed by atoms with Gasteiger partial charge in [0.2, 0.25) is 5.91 Å². The predicted octanol–water partition coefficient (Wildman–Crippen LogP) is 4.83. The first-order valence-electron chi connectivity index (χ1n) is 12.9. The van der Waals surface area contributed by atoms with Crippen LogP contribution in [0.25, 0.3) is 22.2 Å². The number of carbonyl (C=O) groups is 1. The van der Waals surface area contributed by atoms with Gasteiger partial charge in [0, 0.05) is 62.3 Å². The van der Waals surface area contributed by atoms with Crippen LogP contribution in [0.15, 0.2) is 48.9 Å². The Hall–Kier alpha value is -3.87. The summed E-state index contributed by atoms with van der Waals surface area (Å²) in [6, 6.07) is 9.52. The van der Waals surface area contributed by atoms with E-state index in [1.807, 2.05) is 37.3 Å². The number of amides is 1. The van der Waals surface area contributed by atoms with Crippen molar-refractivity contribution < 1.29 is 26.7 Å². The second-order valence-electron chi connectivity index (χ2n) is 9.90. The highest BCUT2D eigenvalue weighted by molar-refractivity contribution is 5.81. The highest BCUT2D eigenvalue weighted by Gasteiger charge is 2.35. The van der Waals surface area contributed by atoms with E-state index >= 15 is 0 Å². The van der Waals surface area contributed by atoms with E-state index < -0.39 is 31.5 Å². The van der Waals surface area contributed by atoms with E-state index in [2.05, 4.69) is 25.0 Å². The Morgan fingerprint density at radius 2 is 1.85 bits per heavy atom. The molecule has 4 heterocycles. The molecule has 40 heavy (non-hydrogen) atoms. The zero-order chi connectivity index (χ0) is 28.4. The van der Waals surface area contributed by atoms with Gasteiger partial charge in [0.15, 0.2) is 0 Å². The molecule has 5 rings (SSSR count). The van der Waals surface area contributed by atoms with Gasteiger partial charge in [-0.2, -0.15) is 18.3 Å². The van der Waals surface area contributed by atoms with Gasteiger partial charge < -0.3 is 9.88 Å².